The van der Waals surface area contributed by atoms with Gasteiger partial charge in [-0.05, 0) is 25.7 Å². The zero-order valence-corrected chi connectivity index (χ0v) is 9.82. The van der Waals surface area contributed by atoms with Gasteiger partial charge < -0.3 is 5.32 Å². The minimum absolute atomic E-state index is 0.0527. The summed E-state index contributed by atoms with van der Waals surface area (Å²) in [5.41, 5.74) is 0.206. The monoisotopic (exact) mass is 185 g/mol. The van der Waals surface area contributed by atoms with Crippen molar-refractivity contribution in [3.8, 4) is 0 Å². The SMILES string of the molecule is CCC(C)(C)CC(C)(C)NC(C)=O. The van der Waals surface area contributed by atoms with Gasteiger partial charge in [0.15, 0.2) is 0 Å². The molecular formula is C11H23NO. The Bertz CT molecular complexity index is 183. The van der Waals surface area contributed by atoms with Gasteiger partial charge in [0, 0.05) is 12.5 Å². The van der Waals surface area contributed by atoms with Crippen LogP contribution in [0.4, 0.5) is 0 Å². The molecule has 2 nitrogen and oxygen atoms in total. The van der Waals surface area contributed by atoms with Crippen LogP contribution in [0.1, 0.15) is 54.4 Å². The van der Waals surface area contributed by atoms with Crippen LogP contribution in [0.3, 0.4) is 0 Å². The molecule has 0 heterocycles. The molecule has 0 atom stereocenters. The number of carbonyl (C=O) groups excluding carboxylic acids is 1. The quantitative estimate of drug-likeness (QED) is 0.717. The summed E-state index contributed by atoms with van der Waals surface area (Å²) in [5, 5.41) is 2.97. The van der Waals surface area contributed by atoms with Crippen LogP contribution < -0.4 is 5.32 Å². The number of hydrogen-bond acceptors (Lipinski definition) is 1. The first-order valence-electron chi connectivity index (χ1n) is 4.97. The summed E-state index contributed by atoms with van der Waals surface area (Å²) in [5.74, 6) is 0.0527. The normalized spacial score (nSPS) is 12.8. The summed E-state index contributed by atoms with van der Waals surface area (Å²) in [6, 6.07) is 0. The molecular weight excluding hydrogens is 162 g/mol. The highest BCUT2D eigenvalue weighted by Gasteiger charge is 2.27. The Morgan fingerprint density at radius 2 is 1.69 bits per heavy atom. The van der Waals surface area contributed by atoms with Gasteiger partial charge in [0.2, 0.25) is 5.91 Å². The molecule has 78 valence electrons. The van der Waals surface area contributed by atoms with Gasteiger partial charge in [-0.25, -0.2) is 0 Å². The van der Waals surface area contributed by atoms with Crippen LogP contribution in [-0.4, -0.2) is 11.4 Å². The second-order valence-electron chi connectivity index (χ2n) is 5.26. The fourth-order valence-corrected chi connectivity index (χ4v) is 1.84. The van der Waals surface area contributed by atoms with Gasteiger partial charge in [-0.2, -0.15) is 0 Å². The fraction of sp³-hybridized carbons (Fsp3) is 0.909. The molecule has 0 saturated heterocycles. The van der Waals surface area contributed by atoms with Crippen LogP contribution in [0.5, 0.6) is 0 Å². The van der Waals surface area contributed by atoms with E-state index >= 15 is 0 Å². The number of rotatable bonds is 4. The van der Waals surface area contributed by atoms with Gasteiger partial charge in [-0.1, -0.05) is 27.2 Å². The van der Waals surface area contributed by atoms with Crippen LogP contribution in [0.2, 0.25) is 0 Å². The van der Waals surface area contributed by atoms with Crippen LogP contribution in [0, 0.1) is 5.41 Å². The smallest absolute Gasteiger partial charge is 0.217 e. The van der Waals surface area contributed by atoms with Crippen molar-refractivity contribution >= 4 is 5.91 Å². The summed E-state index contributed by atoms with van der Waals surface area (Å²) in [6.45, 7) is 12.4. The molecule has 0 rings (SSSR count). The number of amides is 1. The summed E-state index contributed by atoms with van der Waals surface area (Å²) in [4.78, 5) is 10.9. The predicted molar refractivity (Wildman–Crippen MR) is 56.6 cm³/mol. The van der Waals surface area contributed by atoms with Gasteiger partial charge in [0.05, 0.1) is 0 Å². The van der Waals surface area contributed by atoms with Crippen LogP contribution in [0.25, 0.3) is 0 Å². The van der Waals surface area contributed by atoms with E-state index in [1.54, 1.807) is 6.92 Å². The molecule has 1 N–H and O–H groups in total. The minimum Gasteiger partial charge on any atom is -0.351 e. The maximum atomic E-state index is 10.9. The molecule has 0 aliphatic rings. The molecule has 0 aromatic heterocycles. The van der Waals surface area contributed by atoms with E-state index in [1.807, 2.05) is 0 Å². The predicted octanol–water partition coefficient (Wildman–Crippen LogP) is 2.73. The molecule has 0 unspecified atom stereocenters. The molecule has 0 bridgehead atoms. The molecule has 13 heavy (non-hydrogen) atoms. The minimum atomic E-state index is -0.0919. The summed E-state index contributed by atoms with van der Waals surface area (Å²) >= 11 is 0. The van der Waals surface area contributed by atoms with Crippen LogP contribution in [0.15, 0.2) is 0 Å². The van der Waals surface area contributed by atoms with Crippen molar-refractivity contribution in [1.29, 1.82) is 0 Å². The third-order valence-corrected chi connectivity index (χ3v) is 2.39. The lowest BCUT2D eigenvalue weighted by Gasteiger charge is -2.34. The third-order valence-electron chi connectivity index (χ3n) is 2.39. The van der Waals surface area contributed by atoms with Crippen LogP contribution in [-0.2, 0) is 4.79 Å². The Morgan fingerprint density at radius 3 is 2.00 bits per heavy atom. The highest BCUT2D eigenvalue weighted by molar-refractivity contribution is 5.73. The van der Waals surface area contributed by atoms with Crippen molar-refractivity contribution in [2.45, 2.75) is 59.9 Å². The van der Waals surface area contributed by atoms with Gasteiger partial charge in [0.1, 0.15) is 0 Å². The first-order valence-corrected chi connectivity index (χ1v) is 4.97. The molecule has 1 amide bonds. The van der Waals surface area contributed by atoms with E-state index in [1.165, 1.54) is 0 Å². The molecule has 0 aromatic carbocycles. The summed E-state index contributed by atoms with van der Waals surface area (Å²) < 4.78 is 0. The maximum absolute atomic E-state index is 10.9. The number of nitrogens with one attached hydrogen (secondary N) is 1. The van der Waals surface area contributed by atoms with E-state index in [9.17, 15) is 4.79 Å². The van der Waals surface area contributed by atoms with E-state index in [0.29, 0.717) is 5.41 Å². The lowest BCUT2D eigenvalue weighted by atomic mass is 9.78. The molecule has 0 saturated carbocycles. The van der Waals surface area contributed by atoms with E-state index in [2.05, 4.69) is 39.9 Å². The van der Waals surface area contributed by atoms with Gasteiger partial charge in [-0.15, -0.1) is 0 Å². The van der Waals surface area contributed by atoms with E-state index in [0.717, 1.165) is 12.8 Å². The summed E-state index contributed by atoms with van der Waals surface area (Å²) in [7, 11) is 0. The van der Waals surface area contributed by atoms with Gasteiger partial charge in [0.25, 0.3) is 0 Å². The second kappa shape index (κ2) is 4.12. The Morgan fingerprint density at radius 1 is 1.23 bits per heavy atom. The standard InChI is InChI=1S/C11H23NO/c1-7-10(3,4)8-11(5,6)12-9(2)13/h7-8H2,1-6H3,(H,12,13). The van der Waals surface area contributed by atoms with E-state index < -0.39 is 0 Å². The highest BCUT2D eigenvalue weighted by atomic mass is 16.1. The highest BCUT2D eigenvalue weighted by Crippen LogP contribution is 2.30. The molecule has 0 aliphatic heterocycles. The molecule has 0 spiro atoms. The average molecular weight is 185 g/mol. The molecule has 0 aliphatic carbocycles. The average Bonchev–Trinajstić information content (AvgIpc) is 1.81. The Kier molecular flexibility index (Phi) is 3.95. The Balaban J connectivity index is 4.24. The fourth-order valence-electron chi connectivity index (χ4n) is 1.84. The zero-order chi connectivity index (χ0) is 10.7. The van der Waals surface area contributed by atoms with Crippen molar-refractivity contribution in [1.82, 2.24) is 5.32 Å². The number of carbonyl (C=O) groups is 1. The molecule has 0 aromatic rings. The Labute approximate surface area is 82.1 Å². The van der Waals surface area contributed by atoms with Gasteiger partial charge >= 0.3 is 0 Å². The lowest BCUT2D eigenvalue weighted by Crippen LogP contribution is -2.45. The topological polar surface area (TPSA) is 29.1 Å². The molecule has 2 heteroatoms. The zero-order valence-electron chi connectivity index (χ0n) is 9.82. The van der Waals surface area contributed by atoms with Crippen molar-refractivity contribution in [2.75, 3.05) is 0 Å². The van der Waals surface area contributed by atoms with E-state index in [-0.39, 0.29) is 11.4 Å². The first-order chi connectivity index (χ1) is 5.68. The maximum Gasteiger partial charge on any atom is 0.217 e. The lowest BCUT2D eigenvalue weighted by molar-refractivity contribution is -0.120. The molecule has 0 radical (unpaired) electrons. The third kappa shape index (κ3) is 5.67. The van der Waals surface area contributed by atoms with E-state index in [4.69, 9.17) is 0 Å². The second-order valence-corrected chi connectivity index (χ2v) is 5.26. The summed E-state index contributed by atoms with van der Waals surface area (Å²) in [6.07, 6.45) is 2.14. The van der Waals surface area contributed by atoms with Crippen molar-refractivity contribution in [3.05, 3.63) is 0 Å². The van der Waals surface area contributed by atoms with Crippen molar-refractivity contribution in [3.63, 3.8) is 0 Å². The first kappa shape index (κ1) is 12.5. The number of hydrogen-bond donors (Lipinski definition) is 1. The van der Waals surface area contributed by atoms with Crippen molar-refractivity contribution < 1.29 is 4.79 Å². The van der Waals surface area contributed by atoms with Gasteiger partial charge in [-0.3, -0.25) is 4.79 Å². The largest absolute Gasteiger partial charge is 0.351 e. The molecule has 0 fully saturated rings. The van der Waals surface area contributed by atoms with Crippen molar-refractivity contribution in [2.24, 2.45) is 5.41 Å². The Hall–Kier alpha value is -0.530. The van der Waals surface area contributed by atoms with Crippen LogP contribution >= 0.6 is 0 Å².